The molecule has 2 amide bonds. The molecule has 3 aliphatic rings. The predicted molar refractivity (Wildman–Crippen MR) is 118 cm³/mol. The summed E-state index contributed by atoms with van der Waals surface area (Å²) in [6, 6.07) is 13.2. The van der Waals surface area contributed by atoms with Crippen LogP contribution in [0, 0.1) is 24.6 Å². The van der Waals surface area contributed by atoms with Crippen molar-refractivity contribution in [3.8, 4) is 0 Å². The molecule has 3 aliphatic heterocycles. The Kier molecular flexibility index (Phi) is 4.64. The van der Waals surface area contributed by atoms with Crippen LogP contribution in [-0.2, 0) is 14.3 Å². The van der Waals surface area contributed by atoms with Gasteiger partial charge in [0.1, 0.15) is 11.4 Å². The molecule has 8 heteroatoms. The summed E-state index contributed by atoms with van der Waals surface area (Å²) in [7, 11) is 0. The smallest absolute Gasteiger partial charge is 0.241 e. The van der Waals surface area contributed by atoms with Crippen LogP contribution in [0.15, 0.2) is 60.7 Å². The third kappa shape index (κ3) is 3.23. The molecule has 0 spiro atoms. The quantitative estimate of drug-likeness (QED) is 0.436. The van der Waals surface area contributed by atoms with Crippen molar-refractivity contribution in [2.75, 3.05) is 16.8 Å². The Morgan fingerprint density at radius 1 is 1.13 bits per heavy atom. The zero-order chi connectivity index (χ0) is 21.8. The number of amides is 2. The maximum atomic E-state index is 13.3. The number of nitrogens with zero attached hydrogens (tertiary/aromatic N) is 1. The zero-order valence-electron chi connectivity index (χ0n) is 16.7. The number of carbonyl (C=O) groups excluding carboxylic acids is 2. The molecule has 6 nitrogen and oxygen atoms in total. The van der Waals surface area contributed by atoms with E-state index >= 15 is 0 Å². The van der Waals surface area contributed by atoms with E-state index in [0.717, 1.165) is 5.56 Å². The fourth-order valence-corrected chi connectivity index (χ4v) is 4.77. The van der Waals surface area contributed by atoms with Gasteiger partial charge in [0, 0.05) is 5.69 Å². The topological polar surface area (TPSA) is 70.7 Å². The summed E-state index contributed by atoms with van der Waals surface area (Å²) in [5.41, 5.74) is 1.32. The highest BCUT2D eigenvalue weighted by Crippen LogP contribution is 2.52. The van der Waals surface area contributed by atoms with Crippen molar-refractivity contribution < 1.29 is 18.7 Å². The number of carbonyl (C=O) groups is 2. The van der Waals surface area contributed by atoms with E-state index in [9.17, 15) is 14.0 Å². The molecule has 2 N–H and O–H groups in total. The maximum Gasteiger partial charge on any atom is 0.241 e. The number of anilines is 2. The van der Waals surface area contributed by atoms with Crippen molar-refractivity contribution in [1.29, 1.82) is 0 Å². The van der Waals surface area contributed by atoms with E-state index in [1.54, 1.807) is 24.3 Å². The van der Waals surface area contributed by atoms with Gasteiger partial charge >= 0.3 is 0 Å². The lowest BCUT2D eigenvalue weighted by molar-refractivity contribution is -0.126. The van der Waals surface area contributed by atoms with Crippen LogP contribution >= 0.6 is 12.2 Å². The first kappa shape index (κ1) is 19.8. The van der Waals surface area contributed by atoms with Gasteiger partial charge in [0.15, 0.2) is 5.11 Å². The van der Waals surface area contributed by atoms with E-state index in [-0.39, 0.29) is 24.2 Å². The molecule has 5 rings (SSSR count). The van der Waals surface area contributed by atoms with Gasteiger partial charge in [-0.05, 0) is 55.5 Å². The van der Waals surface area contributed by atoms with Crippen LogP contribution in [0.3, 0.4) is 0 Å². The number of ether oxygens (including phenoxy) is 1. The minimum absolute atomic E-state index is 0.231. The number of fused-ring (bicyclic) bond motifs is 5. The van der Waals surface area contributed by atoms with E-state index in [0.29, 0.717) is 16.5 Å². The van der Waals surface area contributed by atoms with Crippen LogP contribution < -0.4 is 15.5 Å². The highest BCUT2D eigenvalue weighted by molar-refractivity contribution is 7.80. The number of thiocarbonyl (C=S) groups is 1. The molecule has 158 valence electrons. The van der Waals surface area contributed by atoms with Crippen molar-refractivity contribution >= 4 is 40.5 Å². The first-order chi connectivity index (χ1) is 14.9. The lowest BCUT2D eigenvalue weighted by atomic mass is 9.77. The van der Waals surface area contributed by atoms with Gasteiger partial charge in [-0.15, -0.1) is 0 Å². The number of nitrogens with one attached hydrogen (secondary N) is 2. The Morgan fingerprint density at radius 3 is 2.55 bits per heavy atom. The standard InChI is InChI=1S/C23H20FN3O3S/c1-13-2-8-16(9-3-13)27-20(28)18-17-10-11-23(30-17,19(18)21(27)29)12-25-22(31)26-15-6-4-14(24)5-7-15/h2-11,17-19H,12H2,1H3,(H2,25,26,31)/t17-,18+,19+,23+/m1/s1. The molecule has 0 saturated carbocycles. The minimum atomic E-state index is -0.948. The van der Waals surface area contributed by atoms with Gasteiger partial charge in [-0.2, -0.15) is 0 Å². The Bertz CT molecular complexity index is 1100. The number of rotatable bonds is 4. The molecular weight excluding hydrogens is 417 g/mol. The van der Waals surface area contributed by atoms with Crippen LogP contribution in [0.25, 0.3) is 0 Å². The second-order valence-electron chi connectivity index (χ2n) is 8.06. The minimum Gasteiger partial charge on any atom is -0.360 e. The highest BCUT2D eigenvalue weighted by Gasteiger charge is 2.67. The number of benzene rings is 2. The molecule has 2 aromatic rings. The summed E-state index contributed by atoms with van der Waals surface area (Å²) in [5, 5.41) is 6.38. The van der Waals surface area contributed by atoms with Gasteiger partial charge in [-0.1, -0.05) is 29.8 Å². The molecule has 0 unspecified atom stereocenters. The summed E-state index contributed by atoms with van der Waals surface area (Å²) in [6.07, 6.45) is 3.27. The van der Waals surface area contributed by atoms with Gasteiger partial charge in [0.05, 0.1) is 30.2 Å². The van der Waals surface area contributed by atoms with Crippen molar-refractivity contribution in [2.24, 2.45) is 11.8 Å². The second-order valence-corrected chi connectivity index (χ2v) is 8.47. The van der Waals surface area contributed by atoms with Gasteiger partial charge in [-0.3, -0.25) is 9.59 Å². The van der Waals surface area contributed by atoms with Crippen LogP contribution in [-0.4, -0.2) is 35.2 Å². The SMILES string of the molecule is Cc1ccc(N2C(=O)[C@@H]3[C@@H](C2=O)[C@@]2(CNC(=S)Nc4ccc(F)cc4)C=C[C@H]3O2)cc1. The molecule has 4 atom stereocenters. The maximum absolute atomic E-state index is 13.3. The lowest BCUT2D eigenvalue weighted by Crippen LogP contribution is -2.49. The zero-order valence-corrected chi connectivity index (χ0v) is 17.5. The van der Waals surface area contributed by atoms with E-state index < -0.39 is 23.5 Å². The monoisotopic (exact) mass is 437 g/mol. The van der Waals surface area contributed by atoms with Crippen LogP contribution in [0.2, 0.25) is 0 Å². The number of halogens is 1. The molecule has 0 radical (unpaired) electrons. The molecule has 2 fully saturated rings. The summed E-state index contributed by atoms with van der Waals surface area (Å²) < 4.78 is 19.2. The van der Waals surface area contributed by atoms with Crippen molar-refractivity contribution in [2.45, 2.75) is 18.6 Å². The van der Waals surface area contributed by atoms with Crippen LogP contribution in [0.5, 0.6) is 0 Å². The molecule has 2 bridgehead atoms. The lowest BCUT2D eigenvalue weighted by Gasteiger charge is -2.29. The Labute approximate surface area is 184 Å². The average molecular weight is 437 g/mol. The Morgan fingerprint density at radius 2 is 1.84 bits per heavy atom. The van der Waals surface area contributed by atoms with Gasteiger partial charge in [-0.25, -0.2) is 9.29 Å². The summed E-state index contributed by atoms with van der Waals surface area (Å²) >= 11 is 5.34. The van der Waals surface area contributed by atoms with E-state index in [4.69, 9.17) is 17.0 Å². The fraction of sp³-hybridized carbons (Fsp3) is 0.261. The van der Waals surface area contributed by atoms with Crippen molar-refractivity contribution in [3.05, 3.63) is 72.1 Å². The second kappa shape index (κ2) is 7.25. The average Bonchev–Trinajstić information content (AvgIpc) is 3.40. The molecule has 31 heavy (non-hydrogen) atoms. The number of hydrogen-bond acceptors (Lipinski definition) is 4. The Balaban J connectivity index is 1.33. The largest absolute Gasteiger partial charge is 0.360 e. The van der Waals surface area contributed by atoms with Crippen molar-refractivity contribution in [1.82, 2.24) is 5.32 Å². The van der Waals surface area contributed by atoms with Crippen molar-refractivity contribution in [3.63, 3.8) is 0 Å². The molecule has 0 aromatic heterocycles. The molecule has 2 saturated heterocycles. The summed E-state index contributed by atoms with van der Waals surface area (Å²) in [5.74, 6) is -1.98. The fourth-order valence-electron chi connectivity index (χ4n) is 4.58. The highest BCUT2D eigenvalue weighted by atomic mass is 32.1. The third-order valence-electron chi connectivity index (χ3n) is 6.07. The molecule has 2 aromatic carbocycles. The number of hydrogen-bond donors (Lipinski definition) is 2. The van der Waals surface area contributed by atoms with Crippen LogP contribution in [0.1, 0.15) is 5.56 Å². The first-order valence-corrected chi connectivity index (χ1v) is 10.4. The van der Waals surface area contributed by atoms with E-state index in [1.165, 1.54) is 17.0 Å². The summed E-state index contributed by atoms with van der Waals surface area (Å²) in [6.45, 7) is 2.18. The van der Waals surface area contributed by atoms with E-state index in [1.807, 2.05) is 31.2 Å². The van der Waals surface area contributed by atoms with Gasteiger partial charge < -0.3 is 15.4 Å². The Hall–Kier alpha value is -3.10. The molecular formula is C23H20FN3O3S. The van der Waals surface area contributed by atoms with E-state index in [2.05, 4.69) is 10.6 Å². The predicted octanol–water partition coefficient (Wildman–Crippen LogP) is 2.93. The molecule has 3 heterocycles. The normalized spacial score (nSPS) is 28.2. The number of aryl methyl sites for hydroxylation is 1. The van der Waals surface area contributed by atoms with Gasteiger partial charge in [0.25, 0.3) is 0 Å². The first-order valence-electron chi connectivity index (χ1n) is 10.00. The summed E-state index contributed by atoms with van der Waals surface area (Å²) in [4.78, 5) is 27.7. The van der Waals surface area contributed by atoms with Crippen LogP contribution in [0.4, 0.5) is 15.8 Å². The van der Waals surface area contributed by atoms with Gasteiger partial charge in [0.2, 0.25) is 11.8 Å². The number of imide groups is 1. The third-order valence-corrected chi connectivity index (χ3v) is 6.32. The molecule has 0 aliphatic carbocycles.